The number of nitrogens with two attached hydrogens (primary N) is 1. The number of ether oxygens (including phenoxy) is 1. The third-order valence-corrected chi connectivity index (χ3v) is 4.47. The third-order valence-electron chi connectivity index (χ3n) is 4.18. The van der Waals surface area contributed by atoms with Crippen LogP contribution in [0.1, 0.15) is 26.2 Å². The maximum Gasteiger partial charge on any atom is 0.291 e. The standard InChI is InChI=1S/C14H21ClN4O2/c1-2-21-11-5-10(16)13(11)18-12-9(15)6-17-19(14(12)20)7-8-3-4-8/h6,8,10-11,13,18H,2-5,7,16H2,1H3. The number of nitrogens with one attached hydrogen (secondary N) is 1. The van der Waals surface area contributed by atoms with Gasteiger partial charge in [-0.25, -0.2) is 4.68 Å². The second kappa shape index (κ2) is 5.94. The Morgan fingerprint density at radius 1 is 1.57 bits per heavy atom. The Bertz CT molecular complexity index is 571. The van der Waals surface area contributed by atoms with E-state index in [9.17, 15) is 4.79 Å². The summed E-state index contributed by atoms with van der Waals surface area (Å²) < 4.78 is 7.10. The van der Waals surface area contributed by atoms with Gasteiger partial charge in [-0.3, -0.25) is 4.79 Å². The van der Waals surface area contributed by atoms with Crippen LogP contribution in [0.3, 0.4) is 0 Å². The zero-order chi connectivity index (χ0) is 15.0. The quantitative estimate of drug-likeness (QED) is 0.825. The topological polar surface area (TPSA) is 82.2 Å². The van der Waals surface area contributed by atoms with Crippen LogP contribution < -0.4 is 16.6 Å². The van der Waals surface area contributed by atoms with E-state index in [1.54, 1.807) is 0 Å². The van der Waals surface area contributed by atoms with Gasteiger partial charge in [-0.15, -0.1) is 0 Å². The molecule has 2 aliphatic rings. The van der Waals surface area contributed by atoms with Crippen LogP contribution in [0.5, 0.6) is 0 Å². The molecule has 3 unspecified atom stereocenters. The minimum absolute atomic E-state index is 0.0259. The fourth-order valence-corrected chi connectivity index (χ4v) is 2.85. The number of hydrogen-bond donors (Lipinski definition) is 2. The molecule has 3 N–H and O–H groups in total. The molecule has 0 bridgehead atoms. The van der Waals surface area contributed by atoms with Gasteiger partial charge in [-0.05, 0) is 32.1 Å². The number of hydrogen-bond acceptors (Lipinski definition) is 5. The minimum atomic E-state index is -0.177. The second-order valence-corrected chi connectivity index (χ2v) is 6.27. The normalized spacial score (nSPS) is 28.2. The molecule has 1 aromatic rings. The van der Waals surface area contributed by atoms with E-state index in [0.717, 1.165) is 6.42 Å². The summed E-state index contributed by atoms with van der Waals surface area (Å²) in [5.41, 5.74) is 6.22. The van der Waals surface area contributed by atoms with Crippen molar-refractivity contribution < 1.29 is 4.74 Å². The molecule has 2 aliphatic carbocycles. The van der Waals surface area contributed by atoms with Crippen LogP contribution in [0, 0.1) is 5.92 Å². The first-order chi connectivity index (χ1) is 10.1. The van der Waals surface area contributed by atoms with Gasteiger partial charge in [0.15, 0.2) is 0 Å². The zero-order valence-electron chi connectivity index (χ0n) is 12.1. The summed E-state index contributed by atoms with van der Waals surface area (Å²) in [6.07, 6.45) is 4.68. The summed E-state index contributed by atoms with van der Waals surface area (Å²) in [5.74, 6) is 0.575. The Kier molecular flexibility index (Phi) is 4.19. The monoisotopic (exact) mass is 312 g/mol. The molecular formula is C14H21ClN4O2. The van der Waals surface area contributed by atoms with Gasteiger partial charge in [0.25, 0.3) is 5.56 Å². The highest BCUT2D eigenvalue weighted by atomic mass is 35.5. The average molecular weight is 313 g/mol. The van der Waals surface area contributed by atoms with Crippen molar-refractivity contribution in [2.45, 2.75) is 50.9 Å². The van der Waals surface area contributed by atoms with E-state index in [1.165, 1.54) is 23.7 Å². The lowest BCUT2D eigenvalue weighted by Gasteiger charge is -2.42. The molecule has 2 fully saturated rings. The van der Waals surface area contributed by atoms with Crippen molar-refractivity contribution in [1.82, 2.24) is 9.78 Å². The first-order valence-corrected chi connectivity index (χ1v) is 7.87. The molecule has 0 spiro atoms. The zero-order valence-corrected chi connectivity index (χ0v) is 12.8. The molecular weight excluding hydrogens is 292 g/mol. The largest absolute Gasteiger partial charge is 0.376 e. The molecule has 21 heavy (non-hydrogen) atoms. The van der Waals surface area contributed by atoms with Gasteiger partial charge in [0.05, 0.1) is 23.4 Å². The van der Waals surface area contributed by atoms with E-state index in [1.807, 2.05) is 6.92 Å². The molecule has 6 nitrogen and oxygen atoms in total. The lowest BCUT2D eigenvalue weighted by atomic mass is 9.83. The van der Waals surface area contributed by atoms with E-state index in [-0.39, 0.29) is 23.7 Å². The van der Waals surface area contributed by atoms with Crippen molar-refractivity contribution in [2.24, 2.45) is 11.7 Å². The molecule has 0 saturated heterocycles. The second-order valence-electron chi connectivity index (χ2n) is 5.86. The van der Waals surface area contributed by atoms with Crippen molar-refractivity contribution in [1.29, 1.82) is 0 Å². The molecule has 0 radical (unpaired) electrons. The van der Waals surface area contributed by atoms with Gasteiger partial charge in [0, 0.05) is 19.2 Å². The van der Waals surface area contributed by atoms with Crippen LogP contribution in [-0.4, -0.2) is 34.6 Å². The van der Waals surface area contributed by atoms with E-state index in [4.69, 9.17) is 22.1 Å². The van der Waals surface area contributed by atoms with E-state index in [2.05, 4.69) is 10.4 Å². The summed E-state index contributed by atoms with van der Waals surface area (Å²) in [4.78, 5) is 12.5. The summed E-state index contributed by atoms with van der Waals surface area (Å²) in [6, 6.07) is -0.103. The highest BCUT2D eigenvalue weighted by molar-refractivity contribution is 6.33. The summed E-state index contributed by atoms with van der Waals surface area (Å²) in [7, 11) is 0. The molecule has 1 heterocycles. The van der Waals surface area contributed by atoms with Gasteiger partial charge >= 0.3 is 0 Å². The van der Waals surface area contributed by atoms with Crippen molar-refractivity contribution in [3.05, 3.63) is 21.6 Å². The Hall–Kier alpha value is -1.11. The van der Waals surface area contributed by atoms with Gasteiger partial charge in [-0.1, -0.05) is 11.6 Å². The molecule has 0 amide bonds. The average Bonchev–Trinajstić information content (AvgIpc) is 3.25. The molecule has 0 aliphatic heterocycles. The summed E-state index contributed by atoms with van der Waals surface area (Å²) in [6.45, 7) is 3.24. The first-order valence-electron chi connectivity index (χ1n) is 7.49. The highest BCUT2D eigenvalue weighted by Crippen LogP contribution is 2.31. The Morgan fingerprint density at radius 3 is 2.95 bits per heavy atom. The lowest BCUT2D eigenvalue weighted by Crippen LogP contribution is -2.61. The molecule has 1 aromatic heterocycles. The Labute approximate surface area is 128 Å². The highest BCUT2D eigenvalue weighted by Gasteiger charge is 2.40. The van der Waals surface area contributed by atoms with Crippen LogP contribution in [0.2, 0.25) is 5.02 Å². The van der Waals surface area contributed by atoms with Gasteiger partial charge in [0.1, 0.15) is 5.69 Å². The summed E-state index contributed by atoms with van der Waals surface area (Å²) >= 11 is 6.13. The van der Waals surface area contributed by atoms with Crippen LogP contribution >= 0.6 is 11.6 Å². The van der Waals surface area contributed by atoms with Crippen molar-refractivity contribution in [2.75, 3.05) is 11.9 Å². The maximum atomic E-state index is 12.5. The SMILES string of the molecule is CCOC1CC(N)C1Nc1c(Cl)cnn(CC2CC2)c1=O. The number of halogens is 1. The molecule has 3 atom stereocenters. The van der Waals surface area contributed by atoms with Crippen molar-refractivity contribution in [3.63, 3.8) is 0 Å². The van der Waals surface area contributed by atoms with Gasteiger partial charge < -0.3 is 15.8 Å². The Balaban J connectivity index is 1.78. The number of nitrogens with zero attached hydrogens (tertiary/aromatic N) is 2. The van der Waals surface area contributed by atoms with Gasteiger partial charge in [-0.2, -0.15) is 5.10 Å². The Morgan fingerprint density at radius 2 is 2.33 bits per heavy atom. The predicted octanol–water partition coefficient (Wildman–Crippen LogP) is 1.22. The predicted molar refractivity (Wildman–Crippen MR) is 81.6 cm³/mol. The third kappa shape index (κ3) is 3.07. The molecule has 2 saturated carbocycles. The smallest absolute Gasteiger partial charge is 0.291 e. The molecule has 116 valence electrons. The number of rotatable bonds is 6. The van der Waals surface area contributed by atoms with Crippen LogP contribution in [0.15, 0.2) is 11.0 Å². The first kappa shape index (κ1) is 14.8. The molecule has 0 aromatic carbocycles. The fraction of sp³-hybridized carbons (Fsp3) is 0.714. The maximum absolute atomic E-state index is 12.5. The van der Waals surface area contributed by atoms with Gasteiger partial charge in [0.2, 0.25) is 0 Å². The van der Waals surface area contributed by atoms with E-state index in [0.29, 0.717) is 29.8 Å². The van der Waals surface area contributed by atoms with E-state index < -0.39 is 0 Å². The summed E-state index contributed by atoms with van der Waals surface area (Å²) in [5, 5.41) is 7.63. The molecule has 7 heteroatoms. The molecule has 3 rings (SSSR count). The fourth-order valence-electron chi connectivity index (χ4n) is 2.67. The number of aromatic nitrogens is 2. The van der Waals surface area contributed by atoms with Crippen LogP contribution in [0.4, 0.5) is 5.69 Å². The number of anilines is 1. The van der Waals surface area contributed by atoms with Crippen LogP contribution in [-0.2, 0) is 11.3 Å². The van der Waals surface area contributed by atoms with Crippen LogP contribution in [0.25, 0.3) is 0 Å². The van der Waals surface area contributed by atoms with E-state index >= 15 is 0 Å². The minimum Gasteiger partial charge on any atom is -0.376 e. The van der Waals surface area contributed by atoms with Crippen molar-refractivity contribution >= 4 is 17.3 Å². The lowest BCUT2D eigenvalue weighted by molar-refractivity contribution is -0.0126. The van der Waals surface area contributed by atoms with Crippen molar-refractivity contribution in [3.8, 4) is 0 Å².